The highest BCUT2D eigenvalue weighted by Gasteiger charge is 2.07. The Kier molecular flexibility index (Phi) is 3.87. The van der Waals surface area contributed by atoms with Crippen LogP contribution in [0.2, 0.25) is 0 Å². The first-order chi connectivity index (χ1) is 9.20. The standard InChI is InChI=1S/C11H7N5O2S/c12-16-15-9(11(17)18)4-8-6-14-10(19-8)7-2-1-3-13-5-7/h1-6H,(H,17,18)/b9-4-. The van der Waals surface area contributed by atoms with Crippen molar-refractivity contribution in [1.82, 2.24) is 9.97 Å². The van der Waals surface area contributed by atoms with Crippen LogP contribution in [-0.2, 0) is 4.79 Å². The van der Waals surface area contributed by atoms with Crippen LogP contribution in [0.5, 0.6) is 0 Å². The summed E-state index contributed by atoms with van der Waals surface area (Å²) in [4.78, 5) is 22.0. The first kappa shape index (κ1) is 12.7. The molecule has 0 atom stereocenters. The molecule has 8 heteroatoms. The van der Waals surface area contributed by atoms with Gasteiger partial charge in [-0.05, 0) is 23.7 Å². The van der Waals surface area contributed by atoms with Gasteiger partial charge in [-0.1, -0.05) is 5.11 Å². The Labute approximate surface area is 111 Å². The van der Waals surface area contributed by atoms with Crippen LogP contribution in [0.25, 0.3) is 27.1 Å². The van der Waals surface area contributed by atoms with Gasteiger partial charge in [0.2, 0.25) is 0 Å². The van der Waals surface area contributed by atoms with E-state index >= 15 is 0 Å². The minimum atomic E-state index is -1.28. The molecule has 1 N–H and O–H groups in total. The van der Waals surface area contributed by atoms with Gasteiger partial charge in [-0.25, -0.2) is 9.78 Å². The maximum atomic E-state index is 10.8. The predicted octanol–water partition coefficient (Wildman–Crippen LogP) is 2.94. The number of hydrogen-bond acceptors (Lipinski definition) is 5. The second-order valence-electron chi connectivity index (χ2n) is 3.33. The Balaban J connectivity index is 2.34. The van der Waals surface area contributed by atoms with Gasteiger partial charge in [0, 0.05) is 33.9 Å². The number of hydrogen-bond donors (Lipinski definition) is 1. The van der Waals surface area contributed by atoms with Gasteiger partial charge < -0.3 is 5.11 Å². The lowest BCUT2D eigenvalue weighted by atomic mass is 10.3. The normalized spacial score (nSPS) is 10.8. The molecule has 0 aliphatic carbocycles. The minimum absolute atomic E-state index is 0.371. The molecule has 0 aliphatic rings. The quantitative estimate of drug-likeness (QED) is 0.399. The summed E-state index contributed by atoms with van der Waals surface area (Å²) >= 11 is 1.28. The van der Waals surface area contributed by atoms with Crippen molar-refractivity contribution in [2.45, 2.75) is 0 Å². The zero-order valence-electron chi connectivity index (χ0n) is 9.46. The maximum absolute atomic E-state index is 10.8. The molecule has 0 bridgehead atoms. The highest BCUT2D eigenvalue weighted by molar-refractivity contribution is 7.15. The van der Waals surface area contributed by atoms with Crippen molar-refractivity contribution in [2.75, 3.05) is 0 Å². The molecule has 19 heavy (non-hydrogen) atoms. The summed E-state index contributed by atoms with van der Waals surface area (Å²) in [7, 11) is 0. The molecule has 2 heterocycles. The van der Waals surface area contributed by atoms with Gasteiger partial charge in [-0.3, -0.25) is 4.98 Å². The Morgan fingerprint density at radius 2 is 2.37 bits per heavy atom. The summed E-state index contributed by atoms with van der Waals surface area (Å²) in [5.41, 5.74) is 8.75. The minimum Gasteiger partial charge on any atom is -0.478 e. The van der Waals surface area contributed by atoms with Gasteiger partial charge in [0.1, 0.15) is 10.7 Å². The van der Waals surface area contributed by atoms with Crippen molar-refractivity contribution >= 4 is 23.4 Å². The molecular weight excluding hydrogens is 266 g/mol. The summed E-state index contributed by atoms with van der Waals surface area (Å²) in [6.45, 7) is 0. The Hall–Kier alpha value is -2.70. The van der Waals surface area contributed by atoms with E-state index < -0.39 is 5.97 Å². The number of pyridine rings is 1. The fraction of sp³-hybridized carbons (Fsp3) is 0. The van der Waals surface area contributed by atoms with Crippen LogP contribution in [0.15, 0.2) is 41.5 Å². The van der Waals surface area contributed by atoms with E-state index in [2.05, 4.69) is 20.0 Å². The van der Waals surface area contributed by atoms with E-state index in [4.69, 9.17) is 10.6 Å². The van der Waals surface area contributed by atoms with Gasteiger partial charge in [0.15, 0.2) is 0 Å². The van der Waals surface area contributed by atoms with Gasteiger partial charge in [-0.15, -0.1) is 11.3 Å². The average Bonchev–Trinajstić information content (AvgIpc) is 2.88. The molecule has 0 aromatic carbocycles. The SMILES string of the molecule is [N-]=[N+]=N/C(=C\c1cnc(-c2cccnc2)s1)C(=O)O. The highest BCUT2D eigenvalue weighted by Crippen LogP contribution is 2.25. The van der Waals surface area contributed by atoms with Gasteiger partial charge in [0.05, 0.1) is 0 Å². The molecule has 2 rings (SSSR count). The number of aliphatic carboxylic acids is 1. The van der Waals surface area contributed by atoms with Crippen LogP contribution >= 0.6 is 11.3 Å². The molecule has 0 spiro atoms. The molecular formula is C11H7N5O2S. The molecule has 0 saturated carbocycles. The third-order valence-electron chi connectivity index (χ3n) is 2.08. The van der Waals surface area contributed by atoms with E-state index in [9.17, 15) is 4.79 Å². The van der Waals surface area contributed by atoms with Crippen molar-refractivity contribution in [3.05, 3.63) is 51.7 Å². The second-order valence-corrected chi connectivity index (χ2v) is 4.40. The zero-order chi connectivity index (χ0) is 13.7. The predicted molar refractivity (Wildman–Crippen MR) is 70.1 cm³/mol. The number of aromatic nitrogens is 2. The second kappa shape index (κ2) is 5.76. The molecule has 7 nitrogen and oxygen atoms in total. The number of rotatable bonds is 4. The molecule has 94 valence electrons. The lowest BCUT2D eigenvalue weighted by Crippen LogP contribution is -1.95. The van der Waals surface area contributed by atoms with Crippen LogP contribution < -0.4 is 0 Å². The van der Waals surface area contributed by atoms with Crippen molar-refractivity contribution < 1.29 is 9.90 Å². The summed E-state index contributed by atoms with van der Waals surface area (Å²) in [6, 6.07) is 3.64. The van der Waals surface area contributed by atoms with Crippen molar-refractivity contribution in [3.8, 4) is 10.6 Å². The summed E-state index contributed by atoms with van der Waals surface area (Å²) in [5.74, 6) is -1.28. The van der Waals surface area contributed by atoms with E-state index in [1.54, 1.807) is 18.5 Å². The Bertz CT molecular complexity index is 669. The van der Waals surface area contributed by atoms with Crippen LogP contribution in [0.1, 0.15) is 4.88 Å². The lowest BCUT2D eigenvalue weighted by molar-refractivity contribution is -0.132. The molecule has 0 unspecified atom stereocenters. The molecule has 0 fully saturated rings. The number of thiazole rings is 1. The molecule has 0 aliphatic heterocycles. The number of nitrogens with zero attached hydrogens (tertiary/aromatic N) is 5. The summed E-state index contributed by atoms with van der Waals surface area (Å²) < 4.78 is 0. The Morgan fingerprint density at radius 3 is 3.00 bits per heavy atom. The van der Waals surface area contributed by atoms with Crippen LogP contribution in [0.3, 0.4) is 0 Å². The van der Waals surface area contributed by atoms with Crippen LogP contribution in [0, 0.1) is 0 Å². The van der Waals surface area contributed by atoms with Crippen LogP contribution in [-0.4, -0.2) is 21.0 Å². The lowest BCUT2D eigenvalue weighted by Gasteiger charge is -1.92. The maximum Gasteiger partial charge on any atom is 0.338 e. The van der Waals surface area contributed by atoms with Crippen LogP contribution in [0.4, 0.5) is 0 Å². The Morgan fingerprint density at radius 1 is 1.53 bits per heavy atom. The van der Waals surface area contributed by atoms with E-state index in [-0.39, 0.29) is 5.70 Å². The molecule has 0 radical (unpaired) electrons. The third kappa shape index (κ3) is 3.15. The van der Waals surface area contributed by atoms with E-state index in [1.807, 2.05) is 6.07 Å². The summed E-state index contributed by atoms with van der Waals surface area (Å²) in [6.07, 6.45) is 6.11. The van der Waals surface area contributed by atoms with Crippen molar-refractivity contribution in [1.29, 1.82) is 0 Å². The number of carboxylic acid groups (broad SMARTS) is 1. The topological polar surface area (TPSA) is 112 Å². The largest absolute Gasteiger partial charge is 0.478 e. The van der Waals surface area contributed by atoms with E-state index in [1.165, 1.54) is 23.6 Å². The van der Waals surface area contributed by atoms with Gasteiger partial charge in [-0.2, -0.15) is 0 Å². The van der Waals surface area contributed by atoms with Gasteiger partial charge >= 0.3 is 5.97 Å². The fourth-order valence-corrected chi connectivity index (χ4v) is 2.14. The molecule has 2 aromatic heterocycles. The van der Waals surface area contributed by atoms with E-state index in [0.717, 1.165) is 5.56 Å². The first-order valence-corrected chi connectivity index (χ1v) is 5.88. The molecule has 0 amide bonds. The fourth-order valence-electron chi connectivity index (χ4n) is 1.29. The number of azide groups is 1. The first-order valence-electron chi connectivity index (χ1n) is 5.07. The summed E-state index contributed by atoms with van der Waals surface area (Å²) in [5, 5.41) is 12.7. The number of carboxylic acids is 1. The average molecular weight is 273 g/mol. The smallest absolute Gasteiger partial charge is 0.338 e. The third-order valence-corrected chi connectivity index (χ3v) is 3.08. The van der Waals surface area contributed by atoms with Gasteiger partial charge in [0.25, 0.3) is 0 Å². The monoisotopic (exact) mass is 273 g/mol. The van der Waals surface area contributed by atoms with Crippen molar-refractivity contribution in [2.24, 2.45) is 5.11 Å². The molecule has 0 saturated heterocycles. The molecule has 2 aromatic rings. The highest BCUT2D eigenvalue weighted by atomic mass is 32.1. The number of carbonyl (C=O) groups is 1. The van der Waals surface area contributed by atoms with Crippen molar-refractivity contribution in [3.63, 3.8) is 0 Å². The van der Waals surface area contributed by atoms with E-state index in [0.29, 0.717) is 9.88 Å². The zero-order valence-corrected chi connectivity index (χ0v) is 10.3.